The molecule has 3 aliphatic rings. The SMILES string of the molecule is Cc1nc(C)c(COC(=O)C2=CC3C(=O)C4=CCCC(O)=C4C(=O)C3C(O)=C2)nc1C. The lowest BCUT2D eigenvalue weighted by Crippen LogP contribution is -2.41. The molecule has 0 radical (unpaired) electrons. The van der Waals surface area contributed by atoms with Gasteiger partial charge in [-0.05, 0) is 33.3 Å². The molecule has 8 heteroatoms. The Labute approximate surface area is 178 Å². The Morgan fingerprint density at radius 3 is 2.55 bits per heavy atom. The molecule has 1 aromatic heterocycles. The van der Waals surface area contributed by atoms with Crippen molar-refractivity contribution in [3.05, 3.63) is 69.2 Å². The number of aliphatic hydroxyl groups is 2. The normalized spacial score (nSPS) is 22.9. The monoisotopic (exact) mass is 422 g/mol. The van der Waals surface area contributed by atoms with Gasteiger partial charge in [-0.3, -0.25) is 19.6 Å². The molecule has 2 N–H and O–H groups in total. The molecule has 0 amide bonds. The molecule has 2 atom stereocenters. The highest BCUT2D eigenvalue weighted by Gasteiger charge is 2.48. The van der Waals surface area contributed by atoms with E-state index in [0.29, 0.717) is 17.8 Å². The van der Waals surface area contributed by atoms with Crippen molar-refractivity contribution in [1.82, 2.24) is 9.97 Å². The molecule has 31 heavy (non-hydrogen) atoms. The number of aromatic nitrogens is 2. The number of aliphatic hydroxyl groups excluding tert-OH is 2. The van der Waals surface area contributed by atoms with E-state index >= 15 is 0 Å². The molecule has 1 heterocycles. The molecule has 1 aromatic rings. The summed E-state index contributed by atoms with van der Waals surface area (Å²) in [6.07, 6.45) is 4.83. The van der Waals surface area contributed by atoms with Crippen LogP contribution in [-0.4, -0.2) is 37.7 Å². The van der Waals surface area contributed by atoms with Crippen molar-refractivity contribution in [3.63, 3.8) is 0 Å². The molecule has 8 nitrogen and oxygen atoms in total. The van der Waals surface area contributed by atoms with Crippen LogP contribution in [0.4, 0.5) is 0 Å². The summed E-state index contributed by atoms with van der Waals surface area (Å²) in [4.78, 5) is 47.2. The van der Waals surface area contributed by atoms with Crippen LogP contribution in [0.25, 0.3) is 0 Å². The van der Waals surface area contributed by atoms with Crippen molar-refractivity contribution < 1.29 is 29.3 Å². The van der Waals surface area contributed by atoms with Crippen LogP contribution in [0.5, 0.6) is 0 Å². The Balaban J connectivity index is 1.58. The first-order valence-electron chi connectivity index (χ1n) is 10.00. The number of hydrogen-bond donors (Lipinski definition) is 2. The zero-order valence-electron chi connectivity index (χ0n) is 17.4. The van der Waals surface area contributed by atoms with Crippen LogP contribution in [0.15, 0.2) is 46.5 Å². The van der Waals surface area contributed by atoms with Crippen molar-refractivity contribution in [1.29, 1.82) is 0 Å². The van der Waals surface area contributed by atoms with E-state index in [1.165, 1.54) is 6.08 Å². The molecule has 0 bridgehead atoms. The van der Waals surface area contributed by atoms with E-state index in [1.807, 2.05) is 13.8 Å². The molecule has 160 valence electrons. The standard InChI is InChI=1S/C23H22N2O6/c1-10-11(2)25-16(12(3)24-10)9-31-23(30)13-7-15-20(18(27)8-13)22(29)19-14(21(15)28)5-4-6-17(19)26/h5,7-8,15,20,26-27H,4,6,9H2,1-3H3. The van der Waals surface area contributed by atoms with Crippen molar-refractivity contribution in [2.75, 3.05) is 0 Å². The molecule has 0 spiro atoms. The number of allylic oxidation sites excluding steroid dienone is 6. The zero-order chi connectivity index (χ0) is 22.4. The van der Waals surface area contributed by atoms with E-state index in [9.17, 15) is 24.6 Å². The van der Waals surface area contributed by atoms with Crippen LogP contribution in [-0.2, 0) is 25.7 Å². The number of hydrogen-bond acceptors (Lipinski definition) is 8. The largest absolute Gasteiger partial charge is 0.512 e. The van der Waals surface area contributed by atoms with Crippen LogP contribution < -0.4 is 0 Å². The Kier molecular flexibility index (Phi) is 5.08. The topological polar surface area (TPSA) is 127 Å². The number of ether oxygens (including phenoxy) is 1. The highest BCUT2D eigenvalue weighted by molar-refractivity contribution is 6.21. The molecule has 1 saturated carbocycles. The maximum Gasteiger partial charge on any atom is 0.338 e. The minimum atomic E-state index is -1.15. The van der Waals surface area contributed by atoms with Gasteiger partial charge in [0.25, 0.3) is 0 Å². The molecule has 0 saturated heterocycles. The van der Waals surface area contributed by atoms with Crippen LogP contribution in [0.2, 0.25) is 0 Å². The first-order chi connectivity index (χ1) is 14.7. The Morgan fingerprint density at radius 2 is 1.81 bits per heavy atom. The van der Waals surface area contributed by atoms with Gasteiger partial charge >= 0.3 is 5.97 Å². The molecular formula is C23H22N2O6. The lowest BCUT2D eigenvalue weighted by Gasteiger charge is -2.34. The smallest absolute Gasteiger partial charge is 0.338 e. The minimum Gasteiger partial charge on any atom is -0.512 e. The van der Waals surface area contributed by atoms with Crippen molar-refractivity contribution in [2.45, 2.75) is 40.2 Å². The van der Waals surface area contributed by atoms with E-state index in [0.717, 1.165) is 17.5 Å². The summed E-state index contributed by atoms with van der Waals surface area (Å²) in [5.41, 5.74) is 2.79. The van der Waals surface area contributed by atoms with Gasteiger partial charge < -0.3 is 14.9 Å². The third-order valence-corrected chi connectivity index (χ3v) is 5.88. The molecular weight excluding hydrogens is 400 g/mol. The van der Waals surface area contributed by atoms with Crippen molar-refractivity contribution >= 4 is 17.5 Å². The number of carbonyl (C=O) groups excluding carboxylic acids is 3. The fraction of sp³-hybridized carbons (Fsp3) is 0.348. The number of nitrogens with zero attached hydrogens (tertiary/aromatic N) is 2. The van der Waals surface area contributed by atoms with Gasteiger partial charge in [0.2, 0.25) is 0 Å². The zero-order valence-corrected chi connectivity index (χ0v) is 17.4. The summed E-state index contributed by atoms with van der Waals surface area (Å²) in [5.74, 6) is -4.39. The van der Waals surface area contributed by atoms with E-state index in [1.54, 1.807) is 13.0 Å². The number of ketones is 2. The number of carbonyl (C=O) groups is 3. The number of aryl methyl sites for hydroxylation is 3. The second kappa shape index (κ2) is 7.61. The van der Waals surface area contributed by atoms with Gasteiger partial charge in [0.05, 0.1) is 45.8 Å². The molecule has 1 fully saturated rings. The Morgan fingerprint density at radius 1 is 1.10 bits per heavy atom. The average Bonchev–Trinajstić information content (AvgIpc) is 2.72. The molecule has 3 aliphatic carbocycles. The fourth-order valence-corrected chi connectivity index (χ4v) is 4.11. The quantitative estimate of drug-likeness (QED) is 0.712. The summed E-state index contributed by atoms with van der Waals surface area (Å²) in [7, 11) is 0. The molecule has 0 aliphatic heterocycles. The number of fused-ring (bicyclic) bond motifs is 2. The molecule has 2 unspecified atom stereocenters. The van der Waals surface area contributed by atoms with Gasteiger partial charge in [-0.25, -0.2) is 4.79 Å². The molecule has 0 aromatic carbocycles. The fourth-order valence-electron chi connectivity index (χ4n) is 4.11. The van der Waals surface area contributed by atoms with Gasteiger partial charge in [-0.1, -0.05) is 12.2 Å². The Bertz CT molecular complexity index is 1150. The average molecular weight is 422 g/mol. The van der Waals surface area contributed by atoms with E-state index in [4.69, 9.17) is 4.74 Å². The van der Waals surface area contributed by atoms with E-state index in [-0.39, 0.29) is 35.5 Å². The third kappa shape index (κ3) is 3.48. The first-order valence-corrected chi connectivity index (χ1v) is 10.00. The second-order valence-corrected chi connectivity index (χ2v) is 7.90. The highest BCUT2D eigenvalue weighted by Crippen LogP contribution is 2.42. The van der Waals surface area contributed by atoms with Gasteiger partial charge in [-0.15, -0.1) is 0 Å². The van der Waals surface area contributed by atoms with Gasteiger partial charge in [0, 0.05) is 12.0 Å². The van der Waals surface area contributed by atoms with Gasteiger partial charge in [0.15, 0.2) is 11.6 Å². The molecule has 4 rings (SSSR count). The second-order valence-electron chi connectivity index (χ2n) is 7.90. The van der Waals surface area contributed by atoms with Crippen molar-refractivity contribution in [2.24, 2.45) is 11.8 Å². The lowest BCUT2D eigenvalue weighted by molar-refractivity contribution is -0.140. The maximum absolute atomic E-state index is 13.0. The minimum absolute atomic E-state index is 0.0117. The summed E-state index contributed by atoms with van der Waals surface area (Å²) < 4.78 is 5.33. The van der Waals surface area contributed by atoms with Crippen LogP contribution >= 0.6 is 0 Å². The predicted octanol–water partition coefficient (Wildman–Crippen LogP) is 2.74. The van der Waals surface area contributed by atoms with Gasteiger partial charge in [-0.2, -0.15) is 0 Å². The number of Topliss-reactive ketones (excluding diaryl/α,β-unsaturated/α-hetero) is 2. The van der Waals surface area contributed by atoms with Crippen LogP contribution in [0.3, 0.4) is 0 Å². The number of rotatable bonds is 3. The third-order valence-electron chi connectivity index (χ3n) is 5.88. The van der Waals surface area contributed by atoms with E-state index < -0.39 is 35.1 Å². The lowest BCUT2D eigenvalue weighted by atomic mass is 9.67. The summed E-state index contributed by atoms with van der Waals surface area (Å²) >= 11 is 0. The van der Waals surface area contributed by atoms with Crippen molar-refractivity contribution in [3.8, 4) is 0 Å². The summed E-state index contributed by atoms with van der Waals surface area (Å²) in [6.45, 7) is 5.30. The van der Waals surface area contributed by atoms with E-state index in [2.05, 4.69) is 9.97 Å². The Hall–Kier alpha value is -3.55. The maximum atomic E-state index is 13.0. The summed E-state index contributed by atoms with van der Waals surface area (Å²) in [5, 5.41) is 20.6. The number of esters is 1. The highest BCUT2D eigenvalue weighted by atomic mass is 16.5. The van der Waals surface area contributed by atoms with Crippen LogP contribution in [0, 0.1) is 32.6 Å². The first kappa shape index (κ1) is 20.7. The summed E-state index contributed by atoms with van der Waals surface area (Å²) in [6, 6.07) is 0. The van der Waals surface area contributed by atoms with Crippen LogP contribution in [0.1, 0.15) is 35.6 Å². The van der Waals surface area contributed by atoms with Gasteiger partial charge in [0.1, 0.15) is 18.1 Å². The predicted molar refractivity (Wildman–Crippen MR) is 109 cm³/mol.